The Morgan fingerprint density at radius 1 is 1.05 bits per heavy atom. The fraction of sp³-hybridized carbons (Fsp3) is 0.118. The summed E-state index contributed by atoms with van der Waals surface area (Å²) in [7, 11) is 0. The van der Waals surface area contributed by atoms with E-state index in [0.29, 0.717) is 0 Å². The van der Waals surface area contributed by atoms with E-state index in [-0.39, 0.29) is 0 Å². The van der Waals surface area contributed by atoms with Crippen LogP contribution in [0.5, 0.6) is 0 Å². The molecule has 0 atom stereocenters. The van der Waals surface area contributed by atoms with E-state index in [1.807, 2.05) is 30.4 Å². The number of hydrogen-bond acceptors (Lipinski definition) is 3. The van der Waals surface area contributed by atoms with Crippen molar-refractivity contribution in [3.63, 3.8) is 0 Å². The molecule has 0 saturated carbocycles. The molecule has 0 unspecified atom stereocenters. The maximum Gasteiger partial charge on any atom is 0.106 e. The molecular formula is C17H15BrN2S. The largest absolute Gasteiger partial charge is 0.379 e. The van der Waals surface area contributed by atoms with Crippen LogP contribution in [0.4, 0.5) is 5.69 Å². The molecule has 4 heteroatoms. The average molecular weight is 359 g/mol. The molecule has 1 aromatic carbocycles. The van der Waals surface area contributed by atoms with Crippen LogP contribution < -0.4 is 5.32 Å². The van der Waals surface area contributed by atoms with Crippen LogP contribution in [0, 0.1) is 6.92 Å². The summed E-state index contributed by atoms with van der Waals surface area (Å²) in [5, 5.41) is 3.45. The Balaban J connectivity index is 1.70. The van der Waals surface area contributed by atoms with Crippen LogP contribution in [-0.2, 0) is 6.54 Å². The Morgan fingerprint density at radius 3 is 2.62 bits per heavy atom. The zero-order valence-corrected chi connectivity index (χ0v) is 14.0. The fourth-order valence-corrected chi connectivity index (χ4v) is 3.48. The van der Waals surface area contributed by atoms with Crippen LogP contribution in [0.2, 0.25) is 0 Å². The van der Waals surface area contributed by atoms with Crippen molar-refractivity contribution < 1.29 is 0 Å². The highest BCUT2D eigenvalue weighted by Crippen LogP contribution is 2.28. The van der Waals surface area contributed by atoms with Gasteiger partial charge in [-0.05, 0) is 52.7 Å². The number of rotatable bonds is 4. The molecule has 0 aliphatic heterocycles. The number of nitrogens with one attached hydrogen (secondary N) is 1. The minimum absolute atomic E-state index is 0.821. The topological polar surface area (TPSA) is 24.9 Å². The molecule has 21 heavy (non-hydrogen) atoms. The molecule has 2 nitrogen and oxygen atoms in total. The van der Waals surface area contributed by atoms with E-state index < -0.39 is 0 Å². The molecule has 0 spiro atoms. The van der Waals surface area contributed by atoms with Crippen molar-refractivity contribution in [3.8, 4) is 10.4 Å². The van der Waals surface area contributed by atoms with Crippen LogP contribution in [0.25, 0.3) is 10.4 Å². The Kier molecular flexibility index (Phi) is 4.36. The van der Waals surface area contributed by atoms with Crippen molar-refractivity contribution in [2.24, 2.45) is 0 Å². The van der Waals surface area contributed by atoms with E-state index in [9.17, 15) is 0 Å². The van der Waals surface area contributed by atoms with E-state index in [1.165, 1.54) is 15.3 Å². The Morgan fingerprint density at radius 2 is 1.86 bits per heavy atom. The van der Waals surface area contributed by atoms with Crippen LogP contribution in [0.1, 0.15) is 10.6 Å². The number of aromatic nitrogens is 1. The molecule has 3 aromatic rings. The normalized spacial score (nSPS) is 10.6. The van der Waals surface area contributed by atoms with Crippen molar-refractivity contribution in [1.82, 2.24) is 4.98 Å². The summed E-state index contributed by atoms with van der Waals surface area (Å²) in [6, 6.07) is 18.9. The molecule has 0 radical (unpaired) electrons. The van der Waals surface area contributed by atoms with E-state index in [4.69, 9.17) is 0 Å². The fourth-order valence-electron chi connectivity index (χ4n) is 2.13. The van der Waals surface area contributed by atoms with Crippen molar-refractivity contribution in [2.75, 3.05) is 5.32 Å². The number of thiophene rings is 1. The molecule has 0 aliphatic carbocycles. The minimum atomic E-state index is 0.821. The summed E-state index contributed by atoms with van der Waals surface area (Å²) < 4.78 is 0.869. The predicted molar refractivity (Wildman–Crippen MR) is 93.8 cm³/mol. The number of pyridine rings is 1. The molecule has 1 N–H and O–H groups in total. The van der Waals surface area contributed by atoms with Gasteiger partial charge in [0.1, 0.15) is 4.60 Å². The smallest absolute Gasteiger partial charge is 0.106 e. The molecule has 0 aliphatic rings. The van der Waals surface area contributed by atoms with Gasteiger partial charge in [-0.1, -0.05) is 30.3 Å². The zero-order chi connectivity index (χ0) is 14.7. The Bertz CT molecular complexity index is 738. The summed E-state index contributed by atoms with van der Waals surface area (Å²) in [6.45, 7) is 2.83. The predicted octanol–water partition coefficient (Wildman–Crippen LogP) is 5.49. The SMILES string of the molecule is Cc1nc(Br)ccc1NCc1ccc(-c2ccccc2)s1. The van der Waals surface area contributed by atoms with Gasteiger partial charge in [-0.15, -0.1) is 11.3 Å². The quantitative estimate of drug-likeness (QED) is 0.623. The number of halogens is 1. The molecule has 0 bridgehead atoms. The highest BCUT2D eigenvalue weighted by molar-refractivity contribution is 9.10. The van der Waals surface area contributed by atoms with E-state index in [0.717, 1.165) is 22.5 Å². The second kappa shape index (κ2) is 6.41. The van der Waals surface area contributed by atoms with Crippen LogP contribution in [-0.4, -0.2) is 4.98 Å². The highest BCUT2D eigenvalue weighted by Gasteiger charge is 2.04. The van der Waals surface area contributed by atoms with Gasteiger partial charge in [0.2, 0.25) is 0 Å². The van der Waals surface area contributed by atoms with Gasteiger partial charge >= 0.3 is 0 Å². The molecule has 0 saturated heterocycles. The number of benzene rings is 1. The number of nitrogens with zero attached hydrogens (tertiary/aromatic N) is 1. The molecule has 0 fully saturated rings. The number of anilines is 1. The van der Waals surface area contributed by atoms with Gasteiger partial charge < -0.3 is 5.32 Å². The van der Waals surface area contributed by atoms with E-state index in [1.54, 1.807) is 0 Å². The molecule has 2 heterocycles. The van der Waals surface area contributed by atoms with E-state index >= 15 is 0 Å². The van der Waals surface area contributed by atoms with Gasteiger partial charge in [-0.3, -0.25) is 0 Å². The zero-order valence-electron chi connectivity index (χ0n) is 11.6. The van der Waals surface area contributed by atoms with Gasteiger partial charge in [0.15, 0.2) is 0 Å². The highest BCUT2D eigenvalue weighted by atomic mass is 79.9. The third-order valence-electron chi connectivity index (χ3n) is 3.22. The summed E-state index contributed by atoms with van der Waals surface area (Å²) in [4.78, 5) is 7.02. The Labute approximate surface area is 137 Å². The van der Waals surface area contributed by atoms with Gasteiger partial charge in [0.25, 0.3) is 0 Å². The molecule has 106 valence electrons. The molecular weight excluding hydrogens is 344 g/mol. The van der Waals surface area contributed by atoms with Gasteiger partial charge in [-0.25, -0.2) is 4.98 Å². The summed E-state index contributed by atoms with van der Waals surface area (Å²) >= 11 is 5.21. The van der Waals surface area contributed by atoms with Crippen molar-refractivity contribution in [1.29, 1.82) is 0 Å². The third kappa shape index (κ3) is 3.52. The lowest BCUT2D eigenvalue weighted by Gasteiger charge is -2.07. The monoisotopic (exact) mass is 358 g/mol. The minimum Gasteiger partial charge on any atom is -0.379 e. The molecule has 3 rings (SSSR count). The number of aryl methyl sites for hydroxylation is 1. The van der Waals surface area contributed by atoms with Crippen LogP contribution >= 0.6 is 27.3 Å². The van der Waals surface area contributed by atoms with Gasteiger partial charge in [0.05, 0.1) is 11.4 Å². The first-order chi connectivity index (χ1) is 10.2. The van der Waals surface area contributed by atoms with Crippen LogP contribution in [0.3, 0.4) is 0 Å². The summed E-state index contributed by atoms with van der Waals surface area (Å²) in [6.07, 6.45) is 0. The van der Waals surface area contributed by atoms with Crippen molar-refractivity contribution in [2.45, 2.75) is 13.5 Å². The second-order valence-corrected chi connectivity index (χ2v) is 6.73. The molecule has 0 amide bonds. The third-order valence-corrected chi connectivity index (χ3v) is 4.80. The second-order valence-electron chi connectivity index (χ2n) is 4.75. The lowest BCUT2D eigenvalue weighted by atomic mass is 10.2. The molecule has 2 aromatic heterocycles. The standard InChI is InChI=1S/C17H15BrN2S/c1-12-15(8-10-17(18)20-12)19-11-14-7-9-16(21-14)13-5-3-2-4-6-13/h2-10,19H,11H2,1H3. The van der Waals surface area contributed by atoms with Gasteiger partial charge in [-0.2, -0.15) is 0 Å². The number of hydrogen-bond donors (Lipinski definition) is 1. The lowest BCUT2D eigenvalue weighted by molar-refractivity contribution is 1.11. The summed E-state index contributed by atoms with van der Waals surface area (Å²) in [5.74, 6) is 0. The van der Waals surface area contributed by atoms with Crippen LogP contribution in [0.15, 0.2) is 59.2 Å². The summed E-state index contributed by atoms with van der Waals surface area (Å²) in [5.41, 5.74) is 3.35. The maximum absolute atomic E-state index is 4.40. The first-order valence-electron chi connectivity index (χ1n) is 6.73. The lowest BCUT2D eigenvalue weighted by Crippen LogP contribution is -2.00. The van der Waals surface area contributed by atoms with Gasteiger partial charge in [0, 0.05) is 16.3 Å². The van der Waals surface area contributed by atoms with E-state index in [2.05, 4.69) is 68.7 Å². The van der Waals surface area contributed by atoms with Crippen molar-refractivity contribution in [3.05, 3.63) is 69.8 Å². The average Bonchev–Trinajstić information content (AvgIpc) is 2.96. The first-order valence-corrected chi connectivity index (χ1v) is 8.34. The van der Waals surface area contributed by atoms with Crippen molar-refractivity contribution >= 4 is 33.0 Å². The Hall–Kier alpha value is -1.65. The first kappa shape index (κ1) is 14.3. The maximum atomic E-state index is 4.40.